The van der Waals surface area contributed by atoms with Crippen molar-refractivity contribution in [2.45, 2.75) is 27.3 Å². The molecule has 0 unspecified atom stereocenters. The first-order chi connectivity index (χ1) is 13.9. The molecule has 3 aromatic rings. The molecule has 29 heavy (non-hydrogen) atoms. The Bertz CT molecular complexity index is 1050. The maximum Gasteiger partial charge on any atom is 0.313 e. The van der Waals surface area contributed by atoms with E-state index >= 15 is 0 Å². The molecule has 0 aliphatic heterocycles. The van der Waals surface area contributed by atoms with E-state index in [2.05, 4.69) is 22.5 Å². The summed E-state index contributed by atoms with van der Waals surface area (Å²) >= 11 is 0. The second-order valence-corrected chi connectivity index (χ2v) is 6.83. The van der Waals surface area contributed by atoms with E-state index in [1.807, 2.05) is 44.2 Å². The van der Waals surface area contributed by atoms with Gasteiger partial charge in [0.05, 0.1) is 18.4 Å². The summed E-state index contributed by atoms with van der Waals surface area (Å²) in [5.74, 6) is -0.358. The van der Waals surface area contributed by atoms with Crippen molar-refractivity contribution in [2.24, 2.45) is 4.99 Å². The van der Waals surface area contributed by atoms with Gasteiger partial charge in [0.2, 0.25) is 0 Å². The molecule has 2 amide bonds. The molecule has 0 bridgehead atoms. The number of aliphatic imine (C=N–C) groups is 1. The number of hydrogen-bond donors (Lipinski definition) is 2. The SMILES string of the molecule is Cc1ccc(NC(=O)C(=O)NCc2ccc(C=Nc3ccc(C)c(C)c3)o2)cc1. The van der Waals surface area contributed by atoms with E-state index in [1.54, 1.807) is 30.5 Å². The normalized spacial score (nSPS) is 10.9. The molecule has 1 aromatic heterocycles. The van der Waals surface area contributed by atoms with Crippen molar-refractivity contribution in [1.82, 2.24) is 5.32 Å². The van der Waals surface area contributed by atoms with Crippen molar-refractivity contribution in [3.63, 3.8) is 0 Å². The van der Waals surface area contributed by atoms with Gasteiger partial charge in [-0.2, -0.15) is 0 Å². The van der Waals surface area contributed by atoms with Gasteiger partial charge in [-0.1, -0.05) is 23.8 Å². The highest BCUT2D eigenvalue weighted by atomic mass is 16.3. The molecule has 0 aliphatic carbocycles. The molecule has 6 heteroatoms. The molecule has 0 saturated heterocycles. The predicted octanol–water partition coefficient (Wildman–Crippen LogP) is 4.21. The fraction of sp³-hybridized carbons (Fsp3) is 0.174. The summed E-state index contributed by atoms with van der Waals surface area (Å²) < 4.78 is 5.63. The van der Waals surface area contributed by atoms with Gasteiger partial charge in [-0.3, -0.25) is 14.6 Å². The summed E-state index contributed by atoms with van der Waals surface area (Å²) in [5.41, 5.74) is 4.87. The third-order valence-corrected chi connectivity index (χ3v) is 4.45. The van der Waals surface area contributed by atoms with Crippen LogP contribution in [0.4, 0.5) is 11.4 Å². The van der Waals surface area contributed by atoms with Crippen LogP contribution in [0.25, 0.3) is 0 Å². The van der Waals surface area contributed by atoms with Crippen molar-refractivity contribution < 1.29 is 14.0 Å². The van der Waals surface area contributed by atoms with Crippen LogP contribution in [-0.2, 0) is 16.1 Å². The summed E-state index contributed by atoms with van der Waals surface area (Å²) in [7, 11) is 0. The van der Waals surface area contributed by atoms with Gasteiger partial charge in [-0.25, -0.2) is 0 Å². The molecule has 0 fully saturated rings. The molecule has 2 aromatic carbocycles. The van der Waals surface area contributed by atoms with E-state index in [9.17, 15) is 9.59 Å². The van der Waals surface area contributed by atoms with E-state index in [1.165, 1.54) is 11.1 Å². The Morgan fingerprint density at radius 1 is 0.931 bits per heavy atom. The first-order valence-corrected chi connectivity index (χ1v) is 9.26. The van der Waals surface area contributed by atoms with Crippen LogP contribution in [0.3, 0.4) is 0 Å². The van der Waals surface area contributed by atoms with Crippen LogP contribution < -0.4 is 10.6 Å². The summed E-state index contributed by atoms with van der Waals surface area (Å²) in [4.78, 5) is 28.3. The molecule has 2 N–H and O–H groups in total. The first-order valence-electron chi connectivity index (χ1n) is 9.26. The van der Waals surface area contributed by atoms with E-state index < -0.39 is 11.8 Å². The number of nitrogens with one attached hydrogen (secondary N) is 2. The van der Waals surface area contributed by atoms with E-state index in [-0.39, 0.29) is 6.54 Å². The van der Waals surface area contributed by atoms with Crippen LogP contribution in [-0.4, -0.2) is 18.0 Å². The number of anilines is 1. The molecule has 1 heterocycles. The van der Waals surface area contributed by atoms with Gasteiger partial charge in [0.15, 0.2) is 0 Å². The monoisotopic (exact) mass is 389 g/mol. The number of carbonyl (C=O) groups excluding carboxylic acids is 2. The summed E-state index contributed by atoms with van der Waals surface area (Å²) in [6.45, 7) is 6.15. The number of aryl methyl sites for hydroxylation is 3. The zero-order valence-electron chi connectivity index (χ0n) is 16.7. The number of nitrogens with zero attached hydrogens (tertiary/aromatic N) is 1. The fourth-order valence-corrected chi connectivity index (χ4v) is 2.58. The van der Waals surface area contributed by atoms with E-state index in [0.29, 0.717) is 17.2 Å². The Hall–Kier alpha value is -3.67. The highest BCUT2D eigenvalue weighted by Crippen LogP contribution is 2.17. The Kier molecular flexibility index (Phi) is 6.24. The Morgan fingerprint density at radius 3 is 2.41 bits per heavy atom. The molecule has 0 aliphatic rings. The van der Waals surface area contributed by atoms with Crippen LogP contribution in [0.2, 0.25) is 0 Å². The van der Waals surface area contributed by atoms with Crippen LogP contribution >= 0.6 is 0 Å². The van der Waals surface area contributed by atoms with Gasteiger partial charge < -0.3 is 15.1 Å². The molecule has 0 radical (unpaired) electrons. The van der Waals surface area contributed by atoms with Gasteiger partial charge in [0.25, 0.3) is 0 Å². The van der Waals surface area contributed by atoms with Gasteiger partial charge in [0.1, 0.15) is 11.5 Å². The maximum absolute atomic E-state index is 12.0. The van der Waals surface area contributed by atoms with Crippen LogP contribution in [0, 0.1) is 20.8 Å². The van der Waals surface area contributed by atoms with Crippen molar-refractivity contribution in [3.8, 4) is 0 Å². The summed E-state index contributed by atoms with van der Waals surface area (Å²) in [6.07, 6.45) is 1.62. The van der Waals surface area contributed by atoms with Gasteiger partial charge >= 0.3 is 11.8 Å². The number of furan rings is 1. The van der Waals surface area contributed by atoms with E-state index in [4.69, 9.17) is 4.42 Å². The standard InChI is InChI=1S/C23H23N3O3/c1-15-4-7-18(8-5-15)26-23(28)22(27)25-14-21-11-10-20(29-21)13-24-19-9-6-16(2)17(3)12-19/h4-13H,14H2,1-3H3,(H,25,27)(H,26,28). The van der Waals surface area contributed by atoms with Crippen molar-refractivity contribution in [3.05, 3.63) is 82.8 Å². The van der Waals surface area contributed by atoms with E-state index in [0.717, 1.165) is 11.3 Å². The topological polar surface area (TPSA) is 83.7 Å². The average molecular weight is 389 g/mol. The van der Waals surface area contributed by atoms with Crippen molar-refractivity contribution >= 4 is 29.4 Å². The number of hydrogen-bond acceptors (Lipinski definition) is 4. The third kappa shape index (κ3) is 5.65. The minimum atomic E-state index is -0.729. The van der Waals surface area contributed by atoms with Crippen molar-refractivity contribution in [1.29, 1.82) is 0 Å². The molecular formula is C23H23N3O3. The number of carbonyl (C=O) groups is 2. The molecule has 0 spiro atoms. The zero-order valence-corrected chi connectivity index (χ0v) is 16.7. The first kappa shape index (κ1) is 20.1. The van der Waals surface area contributed by atoms with Gasteiger partial charge in [-0.05, 0) is 68.3 Å². The average Bonchev–Trinajstić information content (AvgIpc) is 3.16. The Balaban J connectivity index is 1.52. The van der Waals surface area contributed by atoms with Gasteiger partial charge in [0, 0.05) is 5.69 Å². The lowest BCUT2D eigenvalue weighted by molar-refractivity contribution is -0.136. The molecular weight excluding hydrogens is 366 g/mol. The minimum Gasteiger partial charge on any atom is -0.458 e. The van der Waals surface area contributed by atoms with Gasteiger partial charge in [-0.15, -0.1) is 0 Å². The quantitative estimate of drug-likeness (QED) is 0.506. The fourth-order valence-electron chi connectivity index (χ4n) is 2.58. The lowest BCUT2D eigenvalue weighted by Crippen LogP contribution is -2.34. The third-order valence-electron chi connectivity index (χ3n) is 4.45. The van der Waals surface area contributed by atoms with Crippen molar-refractivity contribution in [2.75, 3.05) is 5.32 Å². The van der Waals surface area contributed by atoms with Crippen LogP contribution in [0.15, 0.2) is 64.0 Å². The second kappa shape index (κ2) is 9.01. The largest absolute Gasteiger partial charge is 0.458 e. The molecule has 0 atom stereocenters. The Morgan fingerprint density at radius 2 is 1.69 bits per heavy atom. The number of amides is 2. The molecule has 0 saturated carbocycles. The second-order valence-electron chi connectivity index (χ2n) is 6.83. The highest BCUT2D eigenvalue weighted by molar-refractivity contribution is 6.39. The predicted molar refractivity (Wildman–Crippen MR) is 114 cm³/mol. The molecule has 148 valence electrons. The van der Waals surface area contributed by atoms with Crippen LogP contribution in [0.1, 0.15) is 28.2 Å². The minimum absolute atomic E-state index is 0.109. The van der Waals surface area contributed by atoms with Crippen LogP contribution in [0.5, 0.6) is 0 Å². The number of rotatable bonds is 5. The smallest absolute Gasteiger partial charge is 0.313 e. The molecule has 3 rings (SSSR count). The highest BCUT2D eigenvalue weighted by Gasteiger charge is 2.14. The molecule has 6 nitrogen and oxygen atoms in total. The lowest BCUT2D eigenvalue weighted by atomic mass is 10.1. The lowest BCUT2D eigenvalue weighted by Gasteiger charge is -2.05. The number of benzene rings is 2. The maximum atomic E-state index is 12.0. The zero-order chi connectivity index (χ0) is 20.8. The summed E-state index contributed by atoms with van der Waals surface area (Å²) in [5, 5.41) is 5.10. The Labute approximate surface area is 169 Å². The summed E-state index contributed by atoms with van der Waals surface area (Å²) in [6, 6.07) is 16.7.